The third-order valence-corrected chi connectivity index (χ3v) is 5.58. The molecule has 1 aliphatic heterocycles. The summed E-state index contributed by atoms with van der Waals surface area (Å²) in [5.41, 5.74) is 6.69. The summed E-state index contributed by atoms with van der Waals surface area (Å²) in [7, 11) is 3.51. The van der Waals surface area contributed by atoms with Gasteiger partial charge in [-0.1, -0.05) is 12.1 Å². The highest BCUT2D eigenvalue weighted by Gasteiger charge is 2.43. The number of aromatic nitrogens is 2. The highest BCUT2D eigenvalue weighted by molar-refractivity contribution is 6.08. The first-order valence-corrected chi connectivity index (χ1v) is 10.3. The van der Waals surface area contributed by atoms with Gasteiger partial charge in [0.05, 0.1) is 5.69 Å². The first-order chi connectivity index (χ1) is 15.6. The number of carbonyl (C=O) groups excluding carboxylic acids is 1. The van der Waals surface area contributed by atoms with Crippen molar-refractivity contribution >= 4 is 17.4 Å². The summed E-state index contributed by atoms with van der Waals surface area (Å²) >= 11 is 0. The molecule has 0 fully saturated rings. The number of nitrogens with two attached hydrogens (primary N) is 1. The van der Waals surface area contributed by atoms with Crippen LogP contribution >= 0.6 is 0 Å². The van der Waals surface area contributed by atoms with Crippen LogP contribution in [0.25, 0.3) is 5.69 Å². The standard InChI is InChI=1S/C23H23F3N6O/c1-30(2)21(28)15-6-8-16(9-7-15)31-11-10-18-19(22(31)33)32(29-20(18)23(24,25)26)17-5-3-4-14(12-17)13-27/h3-9,12,28H,10-11,13,27H2,1-2H3. The molecule has 1 aromatic heterocycles. The Kier molecular flexibility index (Phi) is 5.71. The minimum atomic E-state index is -4.68. The maximum Gasteiger partial charge on any atom is 0.435 e. The molecule has 0 atom stereocenters. The molecule has 7 nitrogen and oxygen atoms in total. The Balaban J connectivity index is 1.78. The van der Waals surface area contributed by atoms with Gasteiger partial charge in [-0.15, -0.1) is 0 Å². The van der Waals surface area contributed by atoms with Crippen molar-refractivity contribution in [2.24, 2.45) is 5.73 Å². The van der Waals surface area contributed by atoms with Crippen molar-refractivity contribution in [2.45, 2.75) is 19.1 Å². The number of anilines is 1. The number of alkyl halides is 3. The lowest BCUT2D eigenvalue weighted by Gasteiger charge is -2.28. The van der Waals surface area contributed by atoms with Gasteiger partial charge in [-0.2, -0.15) is 18.3 Å². The monoisotopic (exact) mass is 456 g/mol. The number of amides is 1. The highest BCUT2D eigenvalue weighted by atomic mass is 19.4. The van der Waals surface area contributed by atoms with Crippen LogP contribution in [-0.2, 0) is 19.1 Å². The van der Waals surface area contributed by atoms with Crippen molar-refractivity contribution in [3.63, 3.8) is 0 Å². The second kappa shape index (κ2) is 8.36. The summed E-state index contributed by atoms with van der Waals surface area (Å²) in [4.78, 5) is 16.5. The zero-order valence-electron chi connectivity index (χ0n) is 18.1. The van der Waals surface area contributed by atoms with Crippen LogP contribution in [0.15, 0.2) is 48.5 Å². The van der Waals surface area contributed by atoms with Gasteiger partial charge in [0.1, 0.15) is 11.5 Å². The summed E-state index contributed by atoms with van der Waals surface area (Å²) in [6.07, 6.45) is -4.67. The van der Waals surface area contributed by atoms with E-state index in [2.05, 4.69) is 5.10 Å². The van der Waals surface area contributed by atoms with E-state index in [0.29, 0.717) is 28.3 Å². The second-order valence-corrected chi connectivity index (χ2v) is 7.96. The molecule has 33 heavy (non-hydrogen) atoms. The fraction of sp³-hybridized carbons (Fsp3) is 0.261. The molecule has 0 radical (unpaired) electrons. The summed E-state index contributed by atoms with van der Waals surface area (Å²) < 4.78 is 42.3. The fourth-order valence-corrected chi connectivity index (χ4v) is 3.89. The molecule has 2 aromatic carbocycles. The molecular formula is C23H23F3N6O. The van der Waals surface area contributed by atoms with E-state index in [1.807, 2.05) is 0 Å². The minimum absolute atomic E-state index is 0.0156. The Morgan fingerprint density at radius 2 is 1.85 bits per heavy atom. The number of benzene rings is 2. The van der Waals surface area contributed by atoms with Crippen LogP contribution < -0.4 is 10.6 Å². The number of fused-ring (bicyclic) bond motifs is 1. The lowest BCUT2D eigenvalue weighted by molar-refractivity contribution is -0.141. The van der Waals surface area contributed by atoms with Crippen molar-refractivity contribution in [2.75, 3.05) is 25.5 Å². The second-order valence-electron chi connectivity index (χ2n) is 7.96. The summed E-state index contributed by atoms with van der Waals surface area (Å²) in [6, 6.07) is 13.5. The number of hydrogen-bond donors (Lipinski definition) is 2. The first kappa shape index (κ1) is 22.5. The molecule has 0 saturated carbocycles. The largest absolute Gasteiger partial charge is 0.435 e. The number of rotatable bonds is 4. The van der Waals surface area contributed by atoms with Crippen LogP contribution in [0.3, 0.4) is 0 Å². The highest BCUT2D eigenvalue weighted by Crippen LogP contribution is 2.37. The summed E-state index contributed by atoms with van der Waals surface area (Å²) in [6.45, 7) is 0.297. The van der Waals surface area contributed by atoms with E-state index in [1.165, 1.54) is 4.90 Å². The zero-order valence-corrected chi connectivity index (χ0v) is 18.1. The van der Waals surface area contributed by atoms with Gasteiger partial charge < -0.3 is 15.5 Å². The molecule has 0 spiro atoms. The van der Waals surface area contributed by atoms with Gasteiger partial charge in [-0.25, -0.2) is 4.68 Å². The SMILES string of the molecule is CN(C)C(=N)c1ccc(N2CCc3c(C(F)(F)F)nn(-c4cccc(CN)c4)c3C2=O)cc1. The van der Waals surface area contributed by atoms with Gasteiger partial charge in [0.2, 0.25) is 0 Å². The predicted molar refractivity (Wildman–Crippen MR) is 119 cm³/mol. The van der Waals surface area contributed by atoms with Crippen molar-refractivity contribution in [3.8, 4) is 5.69 Å². The number of amidine groups is 1. The summed E-state index contributed by atoms with van der Waals surface area (Å²) in [5.74, 6) is -0.255. The smallest absolute Gasteiger partial charge is 0.363 e. The Labute approximate surface area is 188 Å². The van der Waals surface area contributed by atoms with Crippen molar-refractivity contribution < 1.29 is 18.0 Å². The average molecular weight is 456 g/mol. The van der Waals surface area contributed by atoms with E-state index in [1.54, 1.807) is 67.5 Å². The molecule has 172 valence electrons. The maximum atomic E-state index is 13.7. The molecule has 3 aromatic rings. The Morgan fingerprint density at radius 1 is 1.15 bits per heavy atom. The normalized spacial score (nSPS) is 13.8. The van der Waals surface area contributed by atoms with Crippen molar-refractivity contribution in [1.29, 1.82) is 5.41 Å². The van der Waals surface area contributed by atoms with E-state index in [0.717, 1.165) is 4.68 Å². The maximum absolute atomic E-state index is 13.7. The minimum Gasteiger partial charge on any atom is -0.363 e. The average Bonchev–Trinajstić information content (AvgIpc) is 3.20. The number of nitrogens with zero attached hydrogens (tertiary/aromatic N) is 4. The molecule has 0 bridgehead atoms. The van der Waals surface area contributed by atoms with E-state index in [9.17, 15) is 18.0 Å². The van der Waals surface area contributed by atoms with Crippen LogP contribution in [0.5, 0.6) is 0 Å². The van der Waals surface area contributed by atoms with Crippen molar-refractivity contribution in [1.82, 2.24) is 14.7 Å². The molecule has 0 aliphatic carbocycles. The first-order valence-electron chi connectivity index (χ1n) is 10.3. The van der Waals surface area contributed by atoms with Gasteiger partial charge in [0, 0.05) is 44.0 Å². The van der Waals surface area contributed by atoms with Crippen LogP contribution in [0, 0.1) is 5.41 Å². The van der Waals surface area contributed by atoms with Crippen LogP contribution in [0.1, 0.15) is 32.9 Å². The molecule has 10 heteroatoms. The van der Waals surface area contributed by atoms with E-state index in [-0.39, 0.29) is 30.8 Å². The quantitative estimate of drug-likeness (QED) is 0.465. The lowest BCUT2D eigenvalue weighted by atomic mass is 10.0. The van der Waals surface area contributed by atoms with Gasteiger partial charge in [-0.3, -0.25) is 10.2 Å². The number of halogens is 3. The van der Waals surface area contributed by atoms with Gasteiger partial charge in [-0.05, 0) is 48.4 Å². The number of hydrogen-bond acceptors (Lipinski definition) is 4. The predicted octanol–water partition coefficient (Wildman–Crippen LogP) is 3.44. The Morgan fingerprint density at radius 3 is 2.45 bits per heavy atom. The van der Waals surface area contributed by atoms with Gasteiger partial charge in [0.15, 0.2) is 5.69 Å². The third-order valence-electron chi connectivity index (χ3n) is 5.58. The van der Waals surface area contributed by atoms with E-state index < -0.39 is 17.8 Å². The van der Waals surface area contributed by atoms with Crippen molar-refractivity contribution in [3.05, 3.63) is 76.6 Å². The van der Waals surface area contributed by atoms with Gasteiger partial charge >= 0.3 is 6.18 Å². The third kappa shape index (κ3) is 4.09. The molecule has 0 unspecified atom stereocenters. The topological polar surface area (TPSA) is 91.2 Å². The molecule has 4 rings (SSSR count). The molecule has 3 N–H and O–H groups in total. The van der Waals surface area contributed by atoms with Crippen LogP contribution in [0.2, 0.25) is 0 Å². The Bertz CT molecular complexity index is 1210. The molecule has 1 aliphatic rings. The molecule has 1 amide bonds. The fourth-order valence-electron chi connectivity index (χ4n) is 3.89. The van der Waals surface area contributed by atoms with Gasteiger partial charge in [0.25, 0.3) is 5.91 Å². The van der Waals surface area contributed by atoms with E-state index >= 15 is 0 Å². The number of carbonyl (C=O) groups is 1. The lowest BCUT2D eigenvalue weighted by Crippen LogP contribution is -2.39. The number of nitrogens with one attached hydrogen (secondary N) is 1. The van der Waals surface area contributed by atoms with E-state index in [4.69, 9.17) is 11.1 Å². The van der Waals surface area contributed by atoms with Crippen LogP contribution in [0.4, 0.5) is 18.9 Å². The molecule has 2 heterocycles. The molecular weight excluding hydrogens is 433 g/mol. The Hall–Kier alpha value is -3.66. The zero-order chi connectivity index (χ0) is 23.9. The summed E-state index contributed by atoms with van der Waals surface area (Å²) in [5, 5.41) is 11.9. The molecule has 0 saturated heterocycles. The van der Waals surface area contributed by atoms with Crippen LogP contribution in [-0.4, -0.2) is 47.1 Å².